The monoisotopic (exact) mass is 288 g/mol. The van der Waals surface area contributed by atoms with Crippen molar-refractivity contribution < 1.29 is 24.6 Å². The van der Waals surface area contributed by atoms with E-state index in [4.69, 9.17) is 10.2 Å². The largest absolute Gasteiger partial charge is 0.481 e. The second-order valence-electron chi connectivity index (χ2n) is 4.67. The molecule has 0 aliphatic heterocycles. The average molecular weight is 288 g/mol. The molecule has 0 aromatic carbocycles. The molecule has 0 fully saturated rings. The summed E-state index contributed by atoms with van der Waals surface area (Å²) in [5, 5.41) is 20.0. The highest BCUT2D eigenvalue weighted by Gasteiger charge is 2.24. The van der Waals surface area contributed by atoms with Gasteiger partial charge in [-0.1, -0.05) is 6.92 Å². The molecule has 0 saturated carbocycles. The summed E-state index contributed by atoms with van der Waals surface area (Å²) < 4.78 is 0. The molecule has 1 unspecified atom stereocenters. The van der Waals surface area contributed by atoms with Crippen LogP contribution in [0.5, 0.6) is 0 Å². The smallest absolute Gasteiger partial charge is 0.326 e. The van der Waals surface area contributed by atoms with E-state index in [2.05, 4.69) is 5.32 Å². The van der Waals surface area contributed by atoms with Crippen molar-refractivity contribution in [2.45, 2.75) is 58.5 Å². The van der Waals surface area contributed by atoms with Gasteiger partial charge >= 0.3 is 18.0 Å². The minimum absolute atomic E-state index is 0.0217. The first-order valence-electron chi connectivity index (χ1n) is 6.85. The molecule has 116 valence electrons. The maximum absolute atomic E-state index is 12.0. The molecular formula is C13H24N2O5. The van der Waals surface area contributed by atoms with Crippen LogP contribution in [-0.2, 0) is 9.59 Å². The third-order valence-corrected chi connectivity index (χ3v) is 3.20. The Hall–Kier alpha value is -1.79. The molecule has 0 radical (unpaired) electrons. The lowest BCUT2D eigenvalue weighted by Crippen LogP contribution is -2.50. The third kappa shape index (κ3) is 6.40. The van der Waals surface area contributed by atoms with Crippen molar-refractivity contribution in [3.63, 3.8) is 0 Å². The van der Waals surface area contributed by atoms with E-state index in [1.807, 2.05) is 20.8 Å². The van der Waals surface area contributed by atoms with Crippen molar-refractivity contribution in [2.24, 2.45) is 0 Å². The van der Waals surface area contributed by atoms with E-state index >= 15 is 0 Å². The van der Waals surface area contributed by atoms with Gasteiger partial charge in [-0.3, -0.25) is 4.79 Å². The number of nitrogens with one attached hydrogen (secondary N) is 1. The minimum atomic E-state index is -1.15. The van der Waals surface area contributed by atoms with Crippen molar-refractivity contribution in [3.8, 4) is 0 Å². The van der Waals surface area contributed by atoms with Crippen LogP contribution in [0.2, 0.25) is 0 Å². The van der Waals surface area contributed by atoms with E-state index in [-0.39, 0.29) is 25.3 Å². The molecule has 0 aliphatic carbocycles. The Bertz CT molecular complexity index is 346. The molecule has 20 heavy (non-hydrogen) atoms. The zero-order valence-electron chi connectivity index (χ0n) is 12.3. The molecule has 0 aliphatic rings. The predicted molar refractivity (Wildman–Crippen MR) is 73.6 cm³/mol. The van der Waals surface area contributed by atoms with Gasteiger partial charge in [0, 0.05) is 19.0 Å². The molecule has 2 atom stereocenters. The second kappa shape index (κ2) is 9.17. The van der Waals surface area contributed by atoms with Gasteiger partial charge in [-0.2, -0.15) is 0 Å². The number of hydrogen-bond donors (Lipinski definition) is 3. The molecule has 0 heterocycles. The number of carbonyl (C=O) groups excluding carboxylic acids is 1. The summed E-state index contributed by atoms with van der Waals surface area (Å²) in [5.41, 5.74) is 0. The Morgan fingerprint density at radius 1 is 1.20 bits per heavy atom. The molecule has 7 nitrogen and oxygen atoms in total. The maximum atomic E-state index is 12.0. The van der Waals surface area contributed by atoms with Crippen LogP contribution >= 0.6 is 0 Å². The van der Waals surface area contributed by atoms with Crippen LogP contribution in [0, 0.1) is 0 Å². The van der Waals surface area contributed by atoms with E-state index in [9.17, 15) is 14.4 Å². The van der Waals surface area contributed by atoms with E-state index in [1.54, 1.807) is 4.90 Å². The van der Waals surface area contributed by atoms with Crippen LogP contribution in [0.15, 0.2) is 0 Å². The first-order chi connectivity index (χ1) is 9.33. The Balaban J connectivity index is 4.53. The van der Waals surface area contributed by atoms with Gasteiger partial charge in [-0.25, -0.2) is 9.59 Å². The fraction of sp³-hybridized carbons (Fsp3) is 0.769. The van der Waals surface area contributed by atoms with Crippen LogP contribution in [0.25, 0.3) is 0 Å². The number of carboxylic acid groups (broad SMARTS) is 2. The summed E-state index contributed by atoms with van der Waals surface area (Å²) in [6, 6.07) is -1.46. The summed E-state index contributed by atoms with van der Waals surface area (Å²) in [6.45, 7) is 6.15. The molecular weight excluding hydrogens is 264 g/mol. The summed E-state index contributed by atoms with van der Waals surface area (Å²) in [4.78, 5) is 35.1. The molecule has 0 bridgehead atoms. The van der Waals surface area contributed by atoms with Crippen molar-refractivity contribution in [3.05, 3.63) is 0 Å². The van der Waals surface area contributed by atoms with Gasteiger partial charge in [0.25, 0.3) is 0 Å². The number of carboxylic acids is 2. The number of rotatable bonds is 9. The zero-order chi connectivity index (χ0) is 15.7. The van der Waals surface area contributed by atoms with Gasteiger partial charge in [0.1, 0.15) is 6.04 Å². The predicted octanol–water partition coefficient (Wildman–Crippen LogP) is 1.52. The van der Waals surface area contributed by atoms with Gasteiger partial charge in [0.2, 0.25) is 0 Å². The topological polar surface area (TPSA) is 107 Å². The average Bonchev–Trinajstić information content (AvgIpc) is 2.37. The molecule has 0 spiro atoms. The number of hydrogen-bond acceptors (Lipinski definition) is 3. The van der Waals surface area contributed by atoms with Gasteiger partial charge in [-0.15, -0.1) is 0 Å². The standard InChI is InChI=1S/C13H24N2O5/c1-4-9(3)15(5-2)13(20)14-10(12(18)19)7-6-8-11(16)17/h9-10H,4-8H2,1-3H3,(H,14,20)(H,16,17)(H,18,19)/t9?,10-/m1/s1. The number of amides is 2. The van der Waals surface area contributed by atoms with Crippen LogP contribution in [0.4, 0.5) is 4.79 Å². The number of aliphatic carboxylic acids is 2. The molecule has 2 amide bonds. The first kappa shape index (κ1) is 18.2. The Morgan fingerprint density at radius 2 is 1.80 bits per heavy atom. The zero-order valence-corrected chi connectivity index (χ0v) is 12.3. The van der Waals surface area contributed by atoms with E-state index in [0.29, 0.717) is 6.54 Å². The normalized spacial score (nSPS) is 13.3. The highest BCUT2D eigenvalue weighted by molar-refractivity contribution is 5.82. The van der Waals surface area contributed by atoms with Crippen LogP contribution in [0.1, 0.15) is 46.5 Å². The van der Waals surface area contributed by atoms with Crippen LogP contribution in [-0.4, -0.2) is 51.7 Å². The van der Waals surface area contributed by atoms with E-state index in [1.165, 1.54) is 0 Å². The van der Waals surface area contributed by atoms with Crippen molar-refractivity contribution in [1.82, 2.24) is 10.2 Å². The van der Waals surface area contributed by atoms with Gasteiger partial charge in [-0.05, 0) is 33.1 Å². The van der Waals surface area contributed by atoms with Crippen LogP contribution in [0.3, 0.4) is 0 Å². The van der Waals surface area contributed by atoms with E-state index in [0.717, 1.165) is 6.42 Å². The lowest BCUT2D eigenvalue weighted by atomic mass is 10.1. The molecule has 0 aromatic rings. The van der Waals surface area contributed by atoms with Gasteiger partial charge < -0.3 is 20.4 Å². The van der Waals surface area contributed by atoms with Crippen LogP contribution < -0.4 is 5.32 Å². The number of urea groups is 1. The SMILES string of the molecule is CCC(C)N(CC)C(=O)N[C@H](CCCC(=O)O)C(=O)O. The highest BCUT2D eigenvalue weighted by atomic mass is 16.4. The van der Waals surface area contributed by atoms with Crippen molar-refractivity contribution >= 4 is 18.0 Å². The summed E-state index contributed by atoms with van der Waals surface area (Å²) in [6.07, 6.45) is 0.980. The minimum Gasteiger partial charge on any atom is -0.481 e. The second-order valence-corrected chi connectivity index (χ2v) is 4.67. The van der Waals surface area contributed by atoms with Gasteiger partial charge in [0.05, 0.1) is 0 Å². The molecule has 7 heteroatoms. The number of carbonyl (C=O) groups is 3. The van der Waals surface area contributed by atoms with Gasteiger partial charge in [0.15, 0.2) is 0 Å². The maximum Gasteiger partial charge on any atom is 0.326 e. The van der Waals surface area contributed by atoms with Crippen molar-refractivity contribution in [1.29, 1.82) is 0 Å². The summed E-state index contributed by atoms with van der Waals surface area (Å²) >= 11 is 0. The van der Waals surface area contributed by atoms with E-state index < -0.39 is 24.0 Å². The fourth-order valence-corrected chi connectivity index (χ4v) is 1.82. The third-order valence-electron chi connectivity index (χ3n) is 3.20. The fourth-order valence-electron chi connectivity index (χ4n) is 1.82. The first-order valence-corrected chi connectivity index (χ1v) is 6.85. The van der Waals surface area contributed by atoms with Crippen molar-refractivity contribution in [2.75, 3.05) is 6.54 Å². The Morgan fingerprint density at radius 3 is 2.20 bits per heavy atom. The quantitative estimate of drug-likeness (QED) is 0.596. The molecule has 0 saturated heterocycles. The summed E-state index contributed by atoms with van der Waals surface area (Å²) in [5.74, 6) is -2.13. The molecule has 0 rings (SSSR count). The Kier molecular flexibility index (Phi) is 8.35. The lowest BCUT2D eigenvalue weighted by Gasteiger charge is -2.28. The summed E-state index contributed by atoms with van der Waals surface area (Å²) in [7, 11) is 0. The Labute approximate surface area is 119 Å². The number of nitrogens with zero attached hydrogens (tertiary/aromatic N) is 1. The molecule has 3 N–H and O–H groups in total. The molecule has 0 aromatic heterocycles. The lowest BCUT2D eigenvalue weighted by molar-refractivity contribution is -0.140. The highest BCUT2D eigenvalue weighted by Crippen LogP contribution is 2.06.